The average molecular weight is 335 g/mol. The number of amides is 2. The van der Waals surface area contributed by atoms with Gasteiger partial charge in [0.05, 0.1) is 12.1 Å². The molecule has 0 saturated heterocycles. The maximum Gasteiger partial charge on any atom is 0.286 e. The lowest BCUT2D eigenvalue weighted by atomic mass is 9.95. The molecule has 1 atom stereocenters. The topological polar surface area (TPSA) is 101 Å². The molecule has 1 unspecified atom stereocenters. The number of hydroxylamine groups is 1. The van der Waals surface area contributed by atoms with Crippen molar-refractivity contribution in [3.8, 4) is 0 Å². The Hall–Kier alpha value is -2.29. The summed E-state index contributed by atoms with van der Waals surface area (Å²) in [6.45, 7) is 0.447. The van der Waals surface area contributed by atoms with Crippen molar-refractivity contribution in [2.24, 2.45) is 0 Å². The lowest BCUT2D eigenvalue weighted by Gasteiger charge is -2.15. The van der Waals surface area contributed by atoms with Crippen molar-refractivity contribution < 1.29 is 19.5 Å². The summed E-state index contributed by atoms with van der Waals surface area (Å²) in [4.78, 5) is 28.0. The van der Waals surface area contributed by atoms with Crippen LogP contribution in [0.15, 0.2) is 36.5 Å². The Morgan fingerprint density at radius 2 is 2.09 bits per heavy atom. The number of benzene rings is 1. The number of ether oxygens (including phenoxy) is 1. The minimum Gasteiger partial charge on any atom is -0.385 e. The average Bonchev–Trinajstić information content (AvgIpc) is 3.04. The van der Waals surface area contributed by atoms with E-state index in [9.17, 15) is 9.59 Å². The zero-order chi connectivity index (χ0) is 16.7. The van der Waals surface area contributed by atoms with Gasteiger partial charge in [0.15, 0.2) is 5.13 Å². The molecule has 7 nitrogen and oxygen atoms in total. The summed E-state index contributed by atoms with van der Waals surface area (Å²) in [5.41, 5.74) is 2.41. The monoisotopic (exact) mass is 335 g/mol. The van der Waals surface area contributed by atoms with Crippen LogP contribution in [0.5, 0.6) is 0 Å². The van der Waals surface area contributed by atoms with Crippen LogP contribution in [-0.4, -0.2) is 35.7 Å². The predicted octanol–water partition coefficient (Wildman–Crippen LogP) is 2.02. The van der Waals surface area contributed by atoms with Crippen LogP contribution in [-0.2, 0) is 9.53 Å². The van der Waals surface area contributed by atoms with Crippen LogP contribution < -0.4 is 10.8 Å². The number of hydrogen-bond donors (Lipinski definition) is 3. The van der Waals surface area contributed by atoms with Gasteiger partial charge in [-0.25, -0.2) is 10.5 Å². The second-order valence-corrected chi connectivity index (χ2v) is 5.74. The van der Waals surface area contributed by atoms with Crippen LogP contribution in [0.1, 0.15) is 27.6 Å². The Morgan fingerprint density at radius 1 is 1.35 bits per heavy atom. The summed E-state index contributed by atoms with van der Waals surface area (Å²) < 4.78 is 5.07. The molecule has 0 saturated carbocycles. The van der Waals surface area contributed by atoms with E-state index in [1.165, 1.54) is 11.7 Å². The molecule has 0 bridgehead atoms. The van der Waals surface area contributed by atoms with Crippen LogP contribution in [0, 0.1) is 0 Å². The quantitative estimate of drug-likeness (QED) is 0.531. The fourth-order valence-corrected chi connectivity index (χ4v) is 2.76. The van der Waals surface area contributed by atoms with Crippen molar-refractivity contribution >= 4 is 28.3 Å². The third kappa shape index (κ3) is 4.59. The summed E-state index contributed by atoms with van der Waals surface area (Å²) in [7, 11) is 1.58. The zero-order valence-electron chi connectivity index (χ0n) is 12.5. The summed E-state index contributed by atoms with van der Waals surface area (Å²) in [6, 6.07) is 9.39. The third-order valence-corrected chi connectivity index (χ3v) is 4.10. The fourth-order valence-electron chi connectivity index (χ4n) is 2.05. The highest BCUT2D eigenvalue weighted by atomic mass is 32.1. The number of hydrogen-bond acceptors (Lipinski definition) is 6. The third-order valence-electron chi connectivity index (χ3n) is 3.19. The van der Waals surface area contributed by atoms with Gasteiger partial charge in [-0.2, -0.15) is 0 Å². The van der Waals surface area contributed by atoms with Crippen molar-refractivity contribution in [3.05, 3.63) is 47.0 Å². The maximum atomic E-state index is 12.5. The second kappa shape index (κ2) is 8.37. The van der Waals surface area contributed by atoms with Crippen LogP contribution in [0.3, 0.4) is 0 Å². The first kappa shape index (κ1) is 17.1. The Labute approximate surface area is 137 Å². The Kier molecular flexibility index (Phi) is 6.21. The Bertz CT molecular complexity index is 660. The smallest absolute Gasteiger partial charge is 0.286 e. The van der Waals surface area contributed by atoms with E-state index in [0.29, 0.717) is 18.2 Å². The van der Waals surface area contributed by atoms with Gasteiger partial charge in [0.25, 0.3) is 5.91 Å². The molecule has 8 heteroatoms. The highest BCUT2D eigenvalue weighted by molar-refractivity contribution is 7.17. The number of nitrogens with zero attached hydrogens (tertiary/aromatic N) is 1. The molecule has 2 rings (SSSR count). The van der Waals surface area contributed by atoms with Gasteiger partial charge in [-0.3, -0.25) is 14.8 Å². The first-order valence-electron chi connectivity index (χ1n) is 6.90. The SMILES string of the molecule is COCCC(C(=O)Nc1ncc(C(=O)NO)s1)c1ccccc1. The number of carbonyl (C=O) groups excluding carboxylic acids is 2. The second-order valence-electron chi connectivity index (χ2n) is 4.70. The molecule has 1 aromatic heterocycles. The van der Waals surface area contributed by atoms with Crippen molar-refractivity contribution in [2.45, 2.75) is 12.3 Å². The molecule has 23 heavy (non-hydrogen) atoms. The highest BCUT2D eigenvalue weighted by Gasteiger charge is 2.22. The molecule has 3 N–H and O–H groups in total. The summed E-state index contributed by atoms with van der Waals surface area (Å²) in [5.74, 6) is -1.27. The molecule has 1 aromatic carbocycles. The number of carbonyl (C=O) groups is 2. The first-order valence-corrected chi connectivity index (χ1v) is 7.72. The molecule has 0 fully saturated rings. The van der Waals surface area contributed by atoms with E-state index in [1.54, 1.807) is 7.11 Å². The molecular formula is C15H17N3O4S. The minimum absolute atomic E-state index is 0.205. The van der Waals surface area contributed by atoms with E-state index in [-0.39, 0.29) is 16.7 Å². The van der Waals surface area contributed by atoms with Gasteiger partial charge in [-0.05, 0) is 12.0 Å². The van der Waals surface area contributed by atoms with Crippen LogP contribution >= 0.6 is 11.3 Å². The largest absolute Gasteiger partial charge is 0.385 e. The number of aromatic nitrogens is 1. The maximum absolute atomic E-state index is 12.5. The molecular weight excluding hydrogens is 318 g/mol. The standard InChI is InChI=1S/C15H17N3O4S/c1-22-8-7-11(10-5-3-2-4-6-10)13(19)17-15-16-9-12(23-15)14(20)18-21/h2-6,9,11,21H,7-8H2,1H3,(H,18,20)(H,16,17,19). The molecule has 2 amide bonds. The summed E-state index contributed by atoms with van der Waals surface area (Å²) in [6.07, 6.45) is 1.82. The van der Waals surface area contributed by atoms with E-state index < -0.39 is 5.91 Å². The van der Waals surface area contributed by atoms with E-state index in [0.717, 1.165) is 16.9 Å². The molecule has 0 aliphatic heterocycles. The highest BCUT2D eigenvalue weighted by Crippen LogP contribution is 2.24. The normalized spacial score (nSPS) is 11.7. The van der Waals surface area contributed by atoms with Crippen molar-refractivity contribution in [1.82, 2.24) is 10.5 Å². The van der Waals surface area contributed by atoms with Gasteiger partial charge in [0.2, 0.25) is 5.91 Å². The molecule has 0 radical (unpaired) electrons. The molecule has 0 aliphatic carbocycles. The van der Waals surface area contributed by atoms with Gasteiger partial charge >= 0.3 is 0 Å². The van der Waals surface area contributed by atoms with Crippen molar-refractivity contribution in [2.75, 3.05) is 19.0 Å². The minimum atomic E-state index is -0.665. The Balaban J connectivity index is 2.11. The van der Waals surface area contributed by atoms with Gasteiger partial charge in [-0.1, -0.05) is 41.7 Å². The first-order chi connectivity index (χ1) is 11.2. The number of rotatable bonds is 7. The lowest BCUT2D eigenvalue weighted by Crippen LogP contribution is -2.22. The fraction of sp³-hybridized carbons (Fsp3) is 0.267. The number of anilines is 1. The molecule has 2 aromatic rings. The van der Waals surface area contributed by atoms with Gasteiger partial charge in [0.1, 0.15) is 4.88 Å². The molecule has 122 valence electrons. The van der Waals surface area contributed by atoms with E-state index >= 15 is 0 Å². The van der Waals surface area contributed by atoms with Crippen LogP contribution in [0.4, 0.5) is 5.13 Å². The van der Waals surface area contributed by atoms with E-state index in [1.807, 2.05) is 30.3 Å². The Morgan fingerprint density at radius 3 is 2.74 bits per heavy atom. The molecule has 0 spiro atoms. The summed E-state index contributed by atoms with van der Waals surface area (Å²) in [5, 5.41) is 11.6. The van der Waals surface area contributed by atoms with Crippen LogP contribution in [0.25, 0.3) is 0 Å². The zero-order valence-corrected chi connectivity index (χ0v) is 13.3. The number of methoxy groups -OCH3 is 1. The van der Waals surface area contributed by atoms with Crippen LogP contribution in [0.2, 0.25) is 0 Å². The lowest BCUT2D eigenvalue weighted by molar-refractivity contribution is -0.118. The summed E-state index contributed by atoms with van der Waals surface area (Å²) >= 11 is 0.984. The van der Waals surface area contributed by atoms with E-state index in [2.05, 4.69) is 10.3 Å². The molecule has 0 aliphatic rings. The molecule has 1 heterocycles. The number of thiazole rings is 1. The van der Waals surface area contributed by atoms with E-state index in [4.69, 9.17) is 9.94 Å². The van der Waals surface area contributed by atoms with Gasteiger partial charge in [0, 0.05) is 13.7 Å². The van der Waals surface area contributed by atoms with Gasteiger partial charge < -0.3 is 10.1 Å². The van der Waals surface area contributed by atoms with Crippen molar-refractivity contribution in [3.63, 3.8) is 0 Å². The van der Waals surface area contributed by atoms with Gasteiger partial charge in [-0.15, -0.1) is 0 Å². The number of nitrogens with one attached hydrogen (secondary N) is 2. The van der Waals surface area contributed by atoms with Crippen molar-refractivity contribution in [1.29, 1.82) is 0 Å². The predicted molar refractivity (Wildman–Crippen MR) is 85.7 cm³/mol.